The van der Waals surface area contributed by atoms with E-state index in [4.69, 9.17) is 0 Å². The fourth-order valence-electron chi connectivity index (χ4n) is 1.48. The standard InChI is InChI=1S/C8H26N4Si2/c1-7-10-14(9-3,11-8-2)12-13(4,5)6/h9-12H,7-8H2,1-6H3. The zero-order valence-corrected chi connectivity index (χ0v) is 12.4. The number of hydrogen-bond donors (Lipinski definition) is 4. The van der Waals surface area contributed by atoms with Gasteiger partial charge in [-0.15, -0.1) is 0 Å². The fourth-order valence-corrected chi connectivity index (χ4v) is 8.73. The van der Waals surface area contributed by atoms with Gasteiger partial charge in [0.1, 0.15) is 8.24 Å². The summed E-state index contributed by atoms with van der Waals surface area (Å²) in [6.07, 6.45) is 0. The molecule has 0 amide bonds. The molecule has 0 saturated heterocycles. The summed E-state index contributed by atoms with van der Waals surface area (Å²) in [7, 11) is -1.09. The molecule has 0 saturated carbocycles. The summed E-state index contributed by atoms with van der Waals surface area (Å²) in [6.45, 7) is 13.2. The molecule has 0 aliphatic rings. The molecule has 86 valence electrons. The Hall–Kier alpha value is 0.274. The van der Waals surface area contributed by atoms with Crippen LogP contribution in [0.5, 0.6) is 0 Å². The minimum Gasteiger partial charge on any atom is -0.322 e. The third-order valence-electron chi connectivity index (χ3n) is 1.82. The average molecular weight is 234 g/mol. The topological polar surface area (TPSA) is 48.1 Å². The Balaban J connectivity index is 4.48. The molecule has 0 radical (unpaired) electrons. The molecule has 0 aliphatic heterocycles. The molecule has 0 aromatic heterocycles. The first-order valence-electron chi connectivity index (χ1n) is 5.37. The first-order valence-corrected chi connectivity index (χ1v) is 10.9. The highest BCUT2D eigenvalue weighted by molar-refractivity contribution is 6.88. The van der Waals surface area contributed by atoms with E-state index < -0.39 is 17.0 Å². The molecular formula is C8H26N4Si2. The molecule has 0 unspecified atom stereocenters. The van der Waals surface area contributed by atoms with E-state index in [1.54, 1.807) is 0 Å². The summed E-state index contributed by atoms with van der Waals surface area (Å²) >= 11 is 0. The summed E-state index contributed by atoms with van der Waals surface area (Å²) in [4.78, 5) is 10.5. The van der Waals surface area contributed by atoms with E-state index in [-0.39, 0.29) is 0 Å². The van der Waals surface area contributed by atoms with Crippen LogP contribution < -0.4 is 19.6 Å². The Kier molecular flexibility index (Phi) is 6.11. The molecule has 0 aliphatic carbocycles. The van der Waals surface area contributed by atoms with E-state index in [2.05, 4.69) is 53.1 Å². The average Bonchev–Trinajstić information content (AvgIpc) is 2.02. The van der Waals surface area contributed by atoms with Crippen LogP contribution in [-0.2, 0) is 0 Å². The van der Waals surface area contributed by atoms with Crippen molar-refractivity contribution in [1.82, 2.24) is 19.6 Å². The zero-order chi connectivity index (χ0) is 11.2. The van der Waals surface area contributed by atoms with E-state index in [1.807, 2.05) is 7.05 Å². The quantitative estimate of drug-likeness (QED) is 0.478. The van der Waals surface area contributed by atoms with Crippen LogP contribution in [-0.4, -0.2) is 37.1 Å². The molecule has 0 bridgehead atoms. The van der Waals surface area contributed by atoms with Crippen molar-refractivity contribution in [2.75, 3.05) is 20.1 Å². The SMILES string of the molecule is CCN[Si](NC)(NCC)N[Si](C)(C)C. The van der Waals surface area contributed by atoms with Crippen LogP contribution in [0.2, 0.25) is 19.6 Å². The van der Waals surface area contributed by atoms with Crippen LogP contribution in [0.25, 0.3) is 0 Å². The van der Waals surface area contributed by atoms with E-state index in [0.29, 0.717) is 0 Å². The van der Waals surface area contributed by atoms with Crippen molar-refractivity contribution in [3.05, 3.63) is 0 Å². The molecule has 0 spiro atoms. The van der Waals surface area contributed by atoms with Gasteiger partial charge < -0.3 is 19.6 Å². The van der Waals surface area contributed by atoms with Gasteiger partial charge in [0.15, 0.2) is 0 Å². The molecule has 0 aromatic carbocycles. The second-order valence-corrected chi connectivity index (χ2v) is 12.6. The lowest BCUT2D eigenvalue weighted by molar-refractivity contribution is 0.779. The smallest absolute Gasteiger partial charge is 0.322 e. The van der Waals surface area contributed by atoms with Crippen molar-refractivity contribution in [2.24, 2.45) is 0 Å². The normalized spacial score (nSPS) is 13.3. The maximum Gasteiger partial charge on any atom is 0.358 e. The highest BCUT2D eigenvalue weighted by Crippen LogP contribution is 1.97. The van der Waals surface area contributed by atoms with Gasteiger partial charge in [-0.05, 0) is 20.1 Å². The van der Waals surface area contributed by atoms with E-state index in [9.17, 15) is 0 Å². The third-order valence-corrected chi connectivity index (χ3v) is 8.84. The van der Waals surface area contributed by atoms with Crippen LogP contribution >= 0.6 is 0 Å². The monoisotopic (exact) mass is 234 g/mol. The molecule has 0 fully saturated rings. The summed E-state index contributed by atoms with van der Waals surface area (Å²) in [5.41, 5.74) is 0. The van der Waals surface area contributed by atoms with Gasteiger partial charge in [-0.1, -0.05) is 33.5 Å². The fraction of sp³-hybridized carbons (Fsp3) is 1.00. The number of nitrogens with one attached hydrogen (secondary N) is 4. The lowest BCUT2D eigenvalue weighted by atomic mass is 10.8. The Morgan fingerprint density at radius 1 is 0.929 bits per heavy atom. The molecule has 6 heteroatoms. The van der Waals surface area contributed by atoms with Crippen LogP contribution in [0.3, 0.4) is 0 Å². The first-order chi connectivity index (χ1) is 6.39. The van der Waals surface area contributed by atoms with Gasteiger partial charge in [0.25, 0.3) is 0 Å². The van der Waals surface area contributed by atoms with Gasteiger partial charge in [0.2, 0.25) is 0 Å². The van der Waals surface area contributed by atoms with Crippen molar-refractivity contribution in [2.45, 2.75) is 33.5 Å². The molecule has 0 aromatic rings. The second-order valence-electron chi connectivity index (χ2n) is 4.44. The van der Waals surface area contributed by atoms with Gasteiger partial charge in [-0.25, -0.2) is 0 Å². The van der Waals surface area contributed by atoms with Crippen LogP contribution in [0.1, 0.15) is 13.8 Å². The van der Waals surface area contributed by atoms with Gasteiger partial charge in [-0.3, -0.25) is 0 Å². The van der Waals surface area contributed by atoms with Crippen molar-refractivity contribution in [3.8, 4) is 0 Å². The number of rotatable bonds is 7. The zero-order valence-electron chi connectivity index (χ0n) is 10.4. The van der Waals surface area contributed by atoms with Gasteiger partial charge in [-0.2, -0.15) is 0 Å². The number of hydrogen-bond acceptors (Lipinski definition) is 4. The molecule has 0 rings (SSSR count). The Morgan fingerprint density at radius 3 is 1.57 bits per heavy atom. The summed E-state index contributed by atoms with van der Waals surface area (Å²) < 4.78 is 3.77. The predicted octanol–water partition coefficient (Wildman–Crippen LogP) is 0.285. The minimum atomic E-state index is -1.84. The van der Waals surface area contributed by atoms with Gasteiger partial charge >= 0.3 is 8.72 Å². The predicted molar refractivity (Wildman–Crippen MR) is 68.6 cm³/mol. The summed E-state index contributed by atoms with van der Waals surface area (Å²) in [5.74, 6) is 0. The van der Waals surface area contributed by atoms with Crippen LogP contribution in [0, 0.1) is 0 Å². The van der Waals surface area contributed by atoms with Crippen molar-refractivity contribution in [1.29, 1.82) is 0 Å². The lowest BCUT2D eigenvalue weighted by Gasteiger charge is -2.37. The molecule has 0 heterocycles. The van der Waals surface area contributed by atoms with Crippen LogP contribution in [0.15, 0.2) is 0 Å². The molecular weight excluding hydrogens is 208 g/mol. The second kappa shape index (κ2) is 5.99. The maximum atomic E-state index is 3.77. The Labute approximate surface area is 90.7 Å². The Morgan fingerprint density at radius 2 is 1.36 bits per heavy atom. The molecule has 4 nitrogen and oxygen atoms in total. The van der Waals surface area contributed by atoms with Gasteiger partial charge in [0, 0.05) is 0 Å². The van der Waals surface area contributed by atoms with E-state index >= 15 is 0 Å². The highest BCUT2D eigenvalue weighted by atomic mass is 28.4. The Bertz CT molecular complexity index is 152. The van der Waals surface area contributed by atoms with E-state index in [0.717, 1.165) is 13.1 Å². The van der Waals surface area contributed by atoms with Crippen LogP contribution in [0.4, 0.5) is 0 Å². The third kappa shape index (κ3) is 5.23. The lowest BCUT2D eigenvalue weighted by Crippen LogP contribution is -2.83. The maximum absolute atomic E-state index is 3.77. The van der Waals surface area contributed by atoms with Gasteiger partial charge in [0.05, 0.1) is 0 Å². The highest BCUT2D eigenvalue weighted by Gasteiger charge is 2.35. The molecule has 0 atom stereocenters. The minimum absolute atomic E-state index is 0.984. The molecule has 4 N–H and O–H groups in total. The van der Waals surface area contributed by atoms with Crippen molar-refractivity contribution in [3.63, 3.8) is 0 Å². The first kappa shape index (κ1) is 14.3. The van der Waals surface area contributed by atoms with E-state index in [1.165, 1.54) is 0 Å². The summed E-state index contributed by atoms with van der Waals surface area (Å²) in [5, 5.41) is 0. The van der Waals surface area contributed by atoms with Crippen molar-refractivity contribution < 1.29 is 0 Å². The van der Waals surface area contributed by atoms with Crippen molar-refractivity contribution >= 4 is 17.0 Å². The summed E-state index contributed by atoms with van der Waals surface area (Å²) in [6, 6.07) is 0. The molecule has 14 heavy (non-hydrogen) atoms. The largest absolute Gasteiger partial charge is 0.358 e.